The van der Waals surface area contributed by atoms with E-state index in [4.69, 9.17) is 14.6 Å². The number of hydrogen-bond donors (Lipinski definition) is 1. The first-order valence-corrected chi connectivity index (χ1v) is 8.21. The van der Waals surface area contributed by atoms with E-state index < -0.39 is 36.9 Å². The molecule has 0 aromatic rings. The molecular formula is C16H20N2O7. The van der Waals surface area contributed by atoms with E-state index in [1.54, 1.807) is 0 Å². The molecule has 2 saturated heterocycles. The number of aliphatic carboxylic acids is 1. The fourth-order valence-electron chi connectivity index (χ4n) is 3.46. The van der Waals surface area contributed by atoms with Crippen LogP contribution in [0.25, 0.3) is 0 Å². The number of cyclic esters (lactones) is 1. The van der Waals surface area contributed by atoms with Crippen LogP contribution in [0.3, 0.4) is 0 Å². The lowest BCUT2D eigenvalue weighted by molar-refractivity contribution is -0.156. The van der Waals surface area contributed by atoms with E-state index in [2.05, 4.69) is 4.90 Å². The second-order valence-electron chi connectivity index (χ2n) is 6.34. The predicted molar refractivity (Wildman–Crippen MR) is 82.3 cm³/mol. The van der Waals surface area contributed by atoms with Gasteiger partial charge in [0.2, 0.25) is 5.91 Å². The Bertz CT molecular complexity index is 630. The third-order valence-corrected chi connectivity index (χ3v) is 4.64. The number of hydrogen-bond acceptors (Lipinski definition) is 7. The van der Waals surface area contributed by atoms with Crippen molar-refractivity contribution in [1.29, 1.82) is 0 Å². The highest BCUT2D eigenvalue weighted by molar-refractivity contribution is 5.87. The van der Waals surface area contributed by atoms with Gasteiger partial charge < -0.3 is 19.5 Å². The Balaban J connectivity index is 1.72. The monoisotopic (exact) mass is 352 g/mol. The second kappa shape index (κ2) is 7.22. The molecule has 0 radical (unpaired) electrons. The molecule has 3 aliphatic rings. The molecule has 0 saturated carbocycles. The summed E-state index contributed by atoms with van der Waals surface area (Å²) in [6.07, 6.45) is 1.68. The van der Waals surface area contributed by atoms with Crippen LogP contribution in [0.15, 0.2) is 11.6 Å². The Kier molecular flexibility index (Phi) is 5.03. The van der Waals surface area contributed by atoms with Gasteiger partial charge in [-0.15, -0.1) is 0 Å². The Morgan fingerprint density at radius 3 is 2.72 bits per heavy atom. The number of carbonyl (C=O) groups excluding carboxylic acids is 3. The maximum atomic E-state index is 12.2. The van der Waals surface area contributed by atoms with Crippen molar-refractivity contribution in [3.05, 3.63) is 11.6 Å². The van der Waals surface area contributed by atoms with E-state index in [-0.39, 0.29) is 31.6 Å². The molecule has 0 aliphatic carbocycles. The van der Waals surface area contributed by atoms with Crippen LogP contribution in [0, 0.1) is 0 Å². The zero-order chi connectivity index (χ0) is 18.0. The van der Waals surface area contributed by atoms with Gasteiger partial charge in [0, 0.05) is 19.5 Å². The number of esters is 2. The molecule has 2 atom stereocenters. The Morgan fingerprint density at radius 2 is 1.96 bits per heavy atom. The Hall–Kier alpha value is -2.42. The number of carboxylic acids is 1. The quantitative estimate of drug-likeness (QED) is 0.517. The van der Waals surface area contributed by atoms with E-state index in [1.807, 2.05) is 6.08 Å². The SMILES string of the molecule is O=C(O)CCC(=O)N1CC(=O)OCC2=CCN3CC[C@@H](OC(=O)C1)[C@@H]23. The fourth-order valence-corrected chi connectivity index (χ4v) is 3.46. The number of carboxylic acid groups (broad SMARTS) is 1. The van der Waals surface area contributed by atoms with Crippen molar-refractivity contribution >= 4 is 23.8 Å². The highest BCUT2D eigenvalue weighted by atomic mass is 16.6. The van der Waals surface area contributed by atoms with Gasteiger partial charge in [-0.2, -0.15) is 0 Å². The maximum absolute atomic E-state index is 12.2. The molecule has 136 valence electrons. The molecule has 0 bridgehead atoms. The molecule has 0 spiro atoms. The highest BCUT2D eigenvalue weighted by Gasteiger charge is 2.42. The molecule has 0 aromatic heterocycles. The minimum atomic E-state index is -1.12. The third-order valence-electron chi connectivity index (χ3n) is 4.64. The van der Waals surface area contributed by atoms with Gasteiger partial charge in [-0.3, -0.25) is 24.1 Å². The highest BCUT2D eigenvalue weighted by Crippen LogP contribution is 2.31. The lowest BCUT2D eigenvalue weighted by Crippen LogP contribution is -2.41. The minimum Gasteiger partial charge on any atom is -0.481 e. The van der Waals surface area contributed by atoms with Crippen LogP contribution < -0.4 is 0 Å². The van der Waals surface area contributed by atoms with Crippen molar-refractivity contribution in [2.24, 2.45) is 0 Å². The van der Waals surface area contributed by atoms with Gasteiger partial charge in [-0.25, -0.2) is 0 Å². The van der Waals surface area contributed by atoms with E-state index in [0.29, 0.717) is 6.42 Å². The van der Waals surface area contributed by atoms with Gasteiger partial charge in [-0.05, 0) is 12.0 Å². The molecule has 25 heavy (non-hydrogen) atoms. The molecule has 3 heterocycles. The second-order valence-corrected chi connectivity index (χ2v) is 6.34. The zero-order valence-electron chi connectivity index (χ0n) is 13.7. The van der Waals surface area contributed by atoms with Crippen molar-refractivity contribution in [3.8, 4) is 0 Å². The fraction of sp³-hybridized carbons (Fsp3) is 0.625. The smallest absolute Gasteiger partial charge is 0.326 e. The number of rotatable bonds is 3. The van der Waals surface area contributed by atoms with Crippen LogP contribution in [0.1, 0.15) is 19.3 Å². The van der Waals surface area contributed by atoms with Crippen LogP contribution in [-0.4, -0.2) is 83.7 Å². The van der Waals surface area contributed by atoms with Gasteiger partial charge in [0.25, 0.3) is 0 Å². The summed E-state index contributed by atoms with van der Waals surface area (Å²) in [6.45, 7) is 0.837. The molecule has 9 nitrogen and oxygen atoms in total. The van der Waals surface area contributed by atoms with E-state index in [1.165, 1.54) is 0 Å². The molecule has 0 unspecified atom stereocenters. The molecule has 1 amide bonds. The standard InChI is InChI=1S/C16H20N2O7/c19-12(1-2-13(20)21)18-7-14(22)24-9-10-3-5-17-6-4-11(16(10)17)25-15(23)8-18/h3,11,16H,1-2,4-9H2,(H,20,21)/t11-,16-/m1/s1. The number of amides is 1. The molecule has 3 aliphatic heterocycles. The molecule has 2 fully saturated rings. The summed E-state index contributed by atoms with van der Waals surface area (Å²) < 4.78 is 10.8. The lowest BCUT2D eigenvalue weighted by atomic mass is 10.1. The van der Waals surface area contributed by atoms with Crippen molar-refractivity contribution < 1.29 is 33.8 Å². The first-order chi connectivity index (χ1) is 11.9. The zero-order valence-corrected chi connectivity index (χ0v) is 13.7. The number of carbonyl (C=O) groups is 4. The maximum Gasteiger partial charge on any atom is 0.326 e. The molecule has 1 N–H and O–H groups in total. The van der Waals surface area contributed by atoms with Gasteiger partial charge in [0.15, 0.2) is 0 Å². The summed E-state index contributed by atoms with van der Waals surface area (Å²) in [4.78, 5) is 50.1. The normalized spacial score (nSPS) is 27.0. The average molecular weight is 352 g/mol. The van der Waals surface area contributed by atoms with Crippen LogP contribution >= 0.6 is 0 Å². The third kappa shape index (κ3) is 3.98. The Labute approximate surface area is 144 Å². The van der Waals surface area contributed by atoms with Crippen LogP contribution in [0.5, 0.6) is 0 Å². The minimum absolute atomic E-state index is 0.0778. The van der Waals surface area contributed by atoms with Crippen molar-refractivity contribution in [1.82, 2.24) is 9.80 Å². The topological polar surface area (TPSA) is 113 Å². The first kappa shape index (κ1) is 17.4. The van der Waals surface area contributed by atoms with Gasteiger partial charge >= 0.3 is 17.9 Å². The molecular weight excluding hydrogens is 332 g/mol. The van der Waals surface area contributed by atoms with Gasteiger partial charge in [0.1, 0.15) is 25.8 Å². The predicted octanol–water partition coefficient (Wildman–Crippen LogP) is -0.837. The van der Waals surface area contributed by atoms with E-state index in [0.717, 1.165) is 23.6 Å². The van der Waals surface area contributed by atoms with Crippen molar-refractivity contribution in [3.63, 3.8) is 0 Å². The average Bonchev–Trinajstić information content (AvgIpc) is 3.12. The van der Waals surface area contributed by atoms with Crippen LogP contribution in [0.4, 0.5) is 0 Å². The van der Waals surface area contributed by atoms with E-state index >= 15 is 0 Å². The summed E-state index contributed by atoms with van der Waals surface area (Å²) in [5.41, 5.74) is 0.911. The summed E-state index contributed by atoms with van der Waals surface area (Å²) in [5, 5.41) is 8.68. The summed E-state index contributed by atoms with van der Waals surface area (Å²) in [6, 6.07) is -0.0778. The van der Waals surface area contributed by atoms with Crippen molar-refractivity contribution in [2.45, 2.75) is 31.4 Å². The summed E-state index contributed by atoms with van der Waals surface area (Å²) in [5.74, 6) is -2.95. The molecule has 3 rings (SSSR count). The molecule has 9 heteroatoms. The Morgan fingerprint density at radius 1 is 1.20 bits per heavy atom. The molecule has 0 aromatic carbocycles. The lowest BCUT2D eigenvalue weighted by Gasteiger charge is -2.24. The first-order valence-electron chi connectivity index (χ1n) is 8.21. The van der Waals surface area contributed by atoms with E-state index in [9.17, 15) is 19.2 Å². The number of nitrogens with zero attached hydrogens (tertiary/aromatic N) is 2. The van der Waals surface area contributed by atoms with Crippen molar-refractivity contribution in [2.75, 3.05) is 32.8 Å². The summed E-state index contributed by atoms with van der Waals surface area (Å²) in [7, 11) is 0. The van der Waals surface area contributed by atoms with Gasteiger partial charge in [-0.1, -0.05) is 6.08 Å². The number of ether oxygens (including phenoxy) is 2. The van der Waals surface area contributed by atoms with Crippen LogP contribution in [0.2, 0.25) is 0 Å². The summed E-state index contributed by atoms with van der Waals surface area (Å²) >= 11 is 0. The van der Waals surface area contributed by atoms with Crippen LogP contribution in [-0.2, 0) is 28.7 Å². The van der Waals surface area contributed by atoms with Gasteiger partial charge in [0.05, 0.1) is 12.5 Å². The largest absolute Gasteiger partial charge is 0.481 e.